The quantitative estimate of drug-likeness (QED) is 0.849. The third-order valence-corrected chi connectivity index (χ3v) is 3.96. The van der Waals surface area contributed by atoms with Crippen molar-refractivity contribution < 1.29 is 4.79 Å². The van der Waals surface area contributed by atoms with Crippen LogP contribution in [0, 0.1) is 16.6 Å². The Bertz CT molecular complexity index is 720. The average Bonchev–Trinajstić information content (AvgIpc) is 3.07. The highest BCUT2D eigenvalue weighted by Crippen LogP contribution is 2.38. The van der Waals surface area contributed by atoms with Crippen LogP contribution >= 0.6 is 12.2 Å². The molecule has 0 spiro atoms. The minimum atomic E-state index is 0.0619. The summed E-state index contributed by atoms with van der Waals surface area (Å²) in [5.41, 5.74) is 1.49. The Morgan fingerprint density at radius 1 is 1.55 bits per heavy atom. The van der Waals surface area contributed by atoms with Crippen molar-refractivity contribution in [2.24, 2.45) is 18.9 Å². The van der Waals surface area contributed by atoms with Crippen molar-refractivity contribution in [2.45, 2.75) is 13.3 Å². The Morgan fingerprint density at radius 3 is 2.90 bits per heavy atom. The second kappa shape index (κ2) is 4.82. The zero-order valence-corrected chi connectivity index (χ0v) is 12.1. The van der Waals surface area contributed by atoms with Crippen LogP contribution < -0.4 is 5.32 Å². The predicted octanol–water partition coefficient (Wildman–Crippen LogP) is 2.13. The maximum atomic E-state index is 11.9. The molecule has 2 atom stereocenters. The van der Waals surface area contributed by atoms with Crippen molar-refractivity contribution in [1.29, 1.82) is 0 Å². The predicted molar refractivity (Wildman–Crippen MR) is 77.5 cm³/mol. The standard InChI is InChI=1S/C13H15N5OS/c1-7-3-10(7)12(19)15-9-4-8(5-14-6-9)11-16-17-13(20)18(11)2/h4-7,10H,3H2,1-2H3,(H,15,19)(H,17,20). The highest BCUT2D eigenvalue weighted by atomic mass is 32.1. The highest BCUT2D eigenvalue weighted by Gasteiger charge is 2.39. The van der Waals surface area contributed by atoms with Gasteiger partial charge in [-0.05, 0) is 30.6 Å². The third kappa shape index (κ3) is 2.36. The topological polar surface area (TPSA) is 75.6 Å². The monoisotopic (exact) mass is 289 g/mol. The van der Waals surface area contributed by atoms with E-state index in [0.29, 0.717) is 22.2 Å². The van der Waals surface area contributed by atoms with E-state index in [1.165, 1.54) is 0 Å². The summed E-state index contributed by atoms with van der Waals surface area (Å²) < 4.78 is 2.31. The van der Waals surface area contributed by atoms with Crippen LogP contribution in [0.5, 0.6) is 0 Å². The van der Waals surface area contributed by atoms with Gasteiger partial charge in [-0.15, -0.1) is 0 Å². The van der Waals surface area contributed by atoms with Gasteiger partial charge in [-0.25, -0.2) is 0 Å². The number of aromatic amines is 1. The lowest BCUT2D eigenvalue weighted by molar-refractivity contribution is -0.117. The molecule has 0 radical (unpaired) electrons. The van der Waals surface area contributed by atoms with Gasteiger partial charge in [-0.3, -0.25) is 14.9 Å². The largest absolute Gasteiger partial charge is 0.324 e. The van der Waals surface area contributed by atoms with E-state index in [9.17, 15) is 4.79 Å². The van der Waals surface area contributed by atoms with Gasteiger partial charge in [0.05, 0.1) is 11.9 Å². The normalized spacial score (nSPS) is 20.7. The van der Waals surface area contributed by atoms with Crippen LogP contribution in [0.4, 0.5) is 5.69 Å². The fourth-order valence-corrected chi connectivity index (χ4v) is 2.29. The first-order valence-electron chi connectivity index (χ1n) is 6.44. The van der Waals surface area contributed by atoms with Gasteiger partial charge in [-0.1, -0.05) is 6.92 Å². The van der Waals surface area contributed by atoms with Crippen LogP contribution in [0.15, 0.2) is 18.5 Å². The van der Waals surface area contributed by atoms with Crippen molar-refractivity contribution in [1.82, 2.24) is 19.7 Å². The molecule has 1 saturated carbocycles. The summed E-state index contributed by atoms with van der Waals surface area (Å²) >= 11 is 5.09. The Balaban J connectivity index is 1.84. The highest BCUT2D eigenvalue weighted by molar-refractivity contribution is 7.71. The lowest BCUT2D eigenvalue weighted by Crippen LogP contribution is -2.14. The molecule has 6 nitrogen and oxygen atoms in total. The molecule has 104 valence electrons. The smallest absolute Gasteiger partial charge is 0.227 e. The molecular formula is C13H15N5OS. The Hall–Kier alpha value is -2.02. The van der Waals surface area contributed by atoms with Crippen molar-refractivity contribution in [3.05, 3.63) is 23.2 Å². The maximum absolute atomic E-state index is 11.9. The minimum Gasteiger partial charge on any atom is -0.324 e. The SMILES string of the molecule is CC1CC1C(=O)Nc1cncc(-c2n[nH]c(=S)n2C)c1. The zero-order valence-electron chi connectivity index (χ0n) is 11.3. The lowest BCUT2D eigenvalue weighted by atomic mass is 10.2. The van der Waals surface area contributed by atoms with Crippen LogP contribution in [0.1, 0.15) is 13.3 Å². The molecule has 0 bridgehead atoms. The molecule has 2 unspecified atom stereocenters. The molecule has 2 heterocycles. The first kappa shape index (κ1) is 13.0. The van der Waals surface area contributed by atoms with Gasteiger partial charge >= 0.3 is 0 Å². The molecule has 1 aliphatic carbocycles. The van der Waals surface area contributed by atoms with Crippen molar-refractivity contribution in [2.75, 3.05) is 5.32 Å². The van der Waals surface area contributed by atoms with E-state index >= 15 is 0 Å². The number of rotatable bonds is 3. The number of carbonyl (C=O) groups excluding carboxylic acids is 1. The van der Waals surface area contributed by atoms with Crippen LogP contribution in [-0.4, -0.2) is 25.7 Å². The molecule has 2 aromatic rings. The molecule has 1 fully saturated rings. The third-order valence-electron chi connectivity index (χ3n) is 3.59. The van der Waals surface area contributed by atoms with Gasteiger partial charge in [0.2, 0.25) is 5.91 Å². The maximum Gasteiger partial charge on any atom is 0.227 e. The van der Waals surface area contributed by atoms with Crippen LogP contribution in [-0.2, 0) is 11.8 Å². The molecule has 2 aromatic heterocycles. The van der Waals surface area contributed by atoms with Crippen LogP contribution in [0.2, 0.25) is 0 Å². The number of pyridine rings is 1. The minimum absolute atomic E-state index is 0.0619. The first-order valence-corrected chi connectivity index (χ1v) is 6.85. The van der Waals surface area contributed by atoms with Crippen LogP contribution in [0.3, 0.4) is 0 Å². The molecule has 1 aliphatic rings. The fourth-order valence-electron chi connectivity index (χ4n) is 2.16. The summed E-state index contributed by atoms with van der Waals surface area (Å²) in [7, 11) is 1.83. The van der Waals surface area contributed by atoms with Crippen LogP contribution in [0.25, 0.3) is 11.4 Å². The van der Waals surface area contributed by atoms with Crippen molar-refractivity contribution >= 4 is 23.8 Å². The van der Waals surface area contributed by atoms with E-state index in [1.807, 2.05) is 13.1 Å². The molecule has 0 aromatic carbocycles. The number of H-pyrrole nitrogens is 1. The first-order chi connectivity index (χ1) is 9.56. The van der Waals surface area contributed by atoms with E-state index in [2.05, 4.69) is 27.4 Å². The van der Waals surface area contributed by atoms with Crippen molar-refractivity contribution in [3.63, 3.8) is 0 Å². The number of amides is 1. The molecule has 0 saturated heterocycles. The van der Waals surface area contributed by atoms with E-state index in [-0.39, 0.29) is 11.8 Å². The van der Waals surface area contributed by atoms with Gasteiger partial charge < -0.3 is 9.88 Å². The number of hydrogen-bond donors (Lipinski definition) is 2. The summed E-state index contributed by atoms with van der Waals surface area (Å²) in [4.78, 5) is 16.1. The van der Waals surface area contributed by atoms with Gasteiger partial charge in [0.1, 0.15) is 0 Å². The summed E-state index contributed by atoms with van der Waals surface area (Å²) in [6, 6.07) is 1.85. The van der Waals surface area contributed by atoms with Gasteiger partial charge in [-0.2, -0.15) is 5.10 Å². The fraction of sp³-hybridized carbons (Fsp3) is 0.385. The summed E-state index contributed by atoms with van der Waals surface area (Å²) in [5, 5.41) is 9.78. The van der Waals surface area contributed by atoms with Crippen molar-refractivity contribution in [3.8, 4) is 11.4 Å². The molecular weight excluding hydrogens is 274 g/mol. The number of carbonyl (C=O) groups is 1. The second-order valence-corrected chi connectivity index (χ2v) is 5.57. The van der Waals surface area contributed by atoms with Gasteiger partial charge in [0, 0.05) is 24.7 Å². The second-order valence-electron chi connectivity index (χ2n) is 5.18. The number of nitrogens with one attached hydrogen (secondary N) is 2. The summed E-state index contributed by atoms with van der Waals surface area (Å²) in [5.74, 6) is 1.38. The molecule has 3 rings (SSSR count). The van der Waals surface area contributed by atoms with Gasteiger partial charge in [0.25, 0.3) is 0 Å². The number of hydrogen-bond acceptors (Lipinski definition) is 4. The number of nitrogens with zero attached hydrogens (tertiary/aromatic N) is 3. The average molecular weight is 289 g/mol. The Labute approximate surface area is 121 Å². The summed E-state index contributed by atoms with van der Waals surface area (Å²) in [6.45, 7) is 2.08. The lowest BCUT2D eigenvalue weighted by Gasteiger charge is -2.06. The molecule has 1 amide bonds. The van der Waals surface area contributed by atoms with Gasteiger partial charge in [0.15, 0.2) is 10.6 Å². The van der Waals surface area contributed by atoms with E-state index in [1.54, 1.807) is 17.0 Å². The van der Waals surface area contributed by atoms with E-state index in [4.69, 9.17) is 12.2 Å². The van der Waals surface area contributed by atoms with E-state index in [0.717, 1.165) is 12.0 Å². The Kier molecular flexibility index (Phi) is 3.13. The molecule has 0 aliphatic heterocycles. The molecule has 2 N–H and O–H groups in total. The number of aromatic nitrogens is 4. The molecule has 7 heteroatoms. The molecule has 20 heavy (non-hydrogen) atoms. The number of anilines is 1. The zero-order chi connectivity index (χ0) is 14.3. The summed E-state index contributed by atoms with van der Waals surface area (Å²) in [6.07, 6.45) is 4.29. The Morgan fingerprint density at radius 2 is 2.30 bits per heavy atom. The van der Waals surface area contributed by atoms with E-state index < -0.39 is 0 Å².